The molecule has 0 aliphatic carbocycles. The molecule has 0 aliphatic heterocycles. The molecule has 0 amide bonds. The molecule has 0 saturated heterocycles. The highest BCUT2D eigenvalue weighted by Gasteiger charge is 2.29. The van der Waals surface area contributed by atoms with E-state index in [0.29, 0.717) is 0 Å². The zero-order valence-corrected chi connectivity index (χ0v) is 28.6. The molecular weight excluding hydrogens is 549 g/mol. The molecule has 4 rings (SSSR count). The maximum absolute atomic E-state index is 13.7. The van der Waals surface area contributed by atoms with E-state index in [0.717, 1.165) is 6.16 Å². The van der Waals surface area contributed by atoms with Crippen molar-refractivity contribution >= 4 is 29.5 Å². The molecule has 0 radical (unpaired) electrons. The molecular formula is C38H48NOPS. The fraction of sp³-hybridized carbons (Fsp3) is 0.368. The lowest BCUT2D eigenvalue weighted by Crippen LogP contribution is -2.37. The second-order valence-corrected chi connectivity index (χ2v) is 18.5. The van der Waals surface area contributed by atoms with Gasteiger partial charge in [-0.3, -0.25) is 0 Å². The number of hydrogen-bond acceptors (Lipinski definition) is 1. The first-order valence-corrected chi connectivity index (χ1v) is 17.6. The topological polar surface area (TPSA) is 29.1 Å². The second kappa shape index (κ2) is 13.0. The molecule has 222 valence electrons. The minimum atomic E-state index is -1.24. The predicted octanol–water partition coefficient (Wildman–Crippen LogP) is 9.17. The lowest BCUT2D eigenvalue weighted by atomic mass is 9.78. The molecule has 0 fully saturated rings. The van der Waals surface area contributed by atoms with Crippen molar-refractivity contribution in [2.45, 2.75) is 83.9 Å². The average molecular weight is 598 g/mol. The summed E-state index contributed by atoms with van der Waals surface area (Å²) in [7, 11) is -1.95. The van der Waals surface area contributed by atoms with Gasteiger partial charge >= 0.3 is 0 Å². The van der Waals surface area contributed by atoms with Gasteiger partial charge < -0.3 is 0 Å². The molecule has 0 spiro atoms. The Morgan fingerprint density at radius 1 is 0.643 bits per heavy atom. The zero-order valence-electron chi connectivity index (χ0n) is 26.9. The SMILES string of the molecule is CC(C)(C)c1cc(-c2ccccc2[C@H](CP(c2ccccc2)c2ccccc2)NS(=O)C(C)(C)C)cc(C(C)(C)C)c1. The van der Waals surface area contributed by atoms with E-state index < -0.39 is 18.9 Å². The van der Waals surface area contributed by atoms with Gasteiger partial charge in [0.15, 0.2) is 0 Å². The third-order valence-electron chi connectivity index (χ3n) is 7.62. The van der Waals surface area contributed by atoms with Gasteiger partial charge in [-0.25, -0.2) is 8.93 Å². The van der Waals surface area contributed by atoms with Gasteiger partial charge in [-0.1, -0.05) is 145 Å². The number of hydrogen-bond donors (Lipinski definition) is 1. The molecule has 2 atom stereocenters. The molecule has 4 aromatic rings. The van der Waals surface area contributed by atoms with Crippen LogP contribution in [0.4, 0.5) is 0 Å². The molecule has 4 aromatic carbocycles. The summed E-state index contributed by atoms with van der Waals surface area (Å²) in [5, 5.41) is 2.66. The van der Waals surface area contributed by atoms with E-state index in [2.05, 4.69) is 149 Å². The van der Waals surface area contributed by atoms with Crippen molar-refractivity contribution in [3.8, 4) is 11.1 Å². The summed E-state index contributed by atoms with van der Waals surface area (Å²) in [6.07, 6.45) is 0.841. The fourth-order valence-corrected chi connectivity index (χ4v) is 8.36. The molecule has 0 heterocycles. The van der Waals surface area contributed by atoms with E-state index in [-0.39, 0.29) is 21.6 Å². The first-order chi connectivity index (χ1) is 19.6. The Labute approximate surface area is 258 Å². The van der Waals surface area contributed by atoms with Gasteiger partial charge in [0, 0.05) is 6.04 Å². The molecule has 1 unspecified atom stereocenters. The van der Waals surface area contributed by atoms with Gasteiger partial charge in [-0.2, -0.15) is 0 Å². The van der Waals surface area contributed by atoms with Crippen LogP contribution >= 0.6 is 7.92 Å². The van der Waals surface area contributed by atoms with E-state index in [4.69, 9.17) is 0 Å². The fourth-order valence-electron chi connectivity index (χ4n) is 4.98. The minimum absolute atomic E-state index is 0.0191. The Morgan fingerprint density at radius 2 is 1.10 bits per heavy atom. The van der Waals surface area contributed by atoms with Crippen LogP contribution in [0.1, 0.15) is 85.0 Å². The van der Waals surface area contributed by atoms with Gasteiger partial charge in [-0.05, 0) is 84.1 Å². The number of benzene rings is 4. The highest BCUT2D eigenvalue weighted by Crippen LogP contribution is 2.42. The van der Waals surface area contributed by atoms with Crippen molar-refractivity contribution in [2.24, 2.45) is 0 Å². The molecule has 42 heavy (non-hydrogen) atoms. The van der Waals surface area contributed by atoms with Gasteiger partial charge in [0.25, 0.3) is 0 Å². The molecule has 0 aromatic heterocycles. The van der Waals surface area contributed by atoms with Crippen molar-refractivity contribution in [2.75, 3.05) is 6.16 Å². The van der Waals surface area contributed by atoms with Gasteiger partial charge in [0.05, 0.1) is 15.7 Å². The van der Waals surface area contributed by atoms with Crippen LogP contribution in [-0.2, 0) is 21.8 Å². The third kappa shape index (κ3) is 8.07. The molecule has 4 heteroatoms. The zero-order chi connectivity index (χ0) is 30.7. The largest absolute Gasteiger partial charge is 0.242 e. The van der Waals surface area contributed by atoms with Crippen LogP contribution in [0, 0.1) is 0 Å². The first kappa shape index (κ1) is 32.3. The van der Waals surface area contributed by atoms with Gasteiger partial charge in [0.1, 0.15) is 0 Å². The van der Waals surface area contributed by atoms with E-state index in [1.807, 2.05) is 20.8 Å². The maximum atomic E-state index is 13.7. The predicted molar refractivity (Wildman–Crippen MR) is 187 cm³/mol. The molecule has 2 nitrogen and oxygen atoms in total. The Kier molecular flexibility index (Phi) is 9.98. The van der Waals surface area contributed by atoms with Crippen LogP contribution in [-0.4, -0.2) is 15.1 Å². The lowest BCUT2D eigenvalue weighted by molar-refractivity contribution is 0.569. The number of nitrogens with one attached hydrogen (secondary N) is 1. The summed E-state index contributed by atoms with van der Waals surface area (Å²) in [6, 6.07) is 37.4. The van der Waals surface area contributed by atoms with Crippen LogP contribution in [0.25, 0.3) is 11.1 Å². The van der Waals surface area contributed by atoms with Gasteiger partial charge in [-0.15, -0.1) is 0 Å². The summed E-state index contributed by atoms with van der Waals surface area (Å²) < 4.78 is 17.0. The summed E-state index contributed by atoms with van der Waals surface area (Å²) in [6.45, 7) is 19.8. The Bertz CT molecular complexity index is 1420. The second-order valence-electron chi connectivity index (χ2n) is 14.2. The minimum Gasteiger partial charge on any atom is -0.242 e. The Balaban J connectivity index is 1.91. The maximum Gasteiger partial charge on any atom is 0.0976 e. The summed E-state index contributed by atoms with van der Waals surface area (Å²) in [5.41, 5.74) is 6.32. The molecule has 1 N–H and O–H groups in total. The summed E-state index contributed by atoms with van der Waals surface area (Å²) in [5.74, 6) is 0. The number of rotatable bonds is 8. The quantitative estimate of drug-likeness (QED) is 0.202. The van der Waals surface area contributed by atoms with E-state index >= 15 is 0 Å². The van der Waals surface area contributed by atoms with Crippen LogP contribution in [0.3, 0.4) is 0 Å². The van der Waals surface area contributed by atoms with Crippen molar-refractivity contribution in [3.05, 3.63) is 120 Å². The van der Waals surface area contributed by atoms with Crippen molar-refractivity contribution in [1.82, 2.24) is 4.72 Å². The van der Waals surface area contributed by atoms with Crippen molar-refractivity contribution in [3.63, 3.8) is 0 Å². The van der Waals surface area contributed by atoms with Crippen molar-refractivity contribution < 1.29 is 4.21 Å². The Hall–Kier alpha value is -2.58. The third-order valence-corrected chi connectivity index (χ3v) is 11.8. The monoisotopic (exact) mass is 597 g/mol. The highest BCUT2D eigenvalue weighted by molar-refractivity contribution is 7.84. The van der Waals surface area contributed by atoms with Gasteiger partial charge in [0.2, 0.25) is 0 Å². The summed E-state index contributed by atoms with van der Waals surface area (Å²) >= 11 is 0. The lowest BCUT2D eigenvalue weighted by Gasteiger charge is -2.31. The molecule has 0 bridgehead atoms. The van der Waals surface area contributed by atoms with Crippen LogP contribution in [0.5, 0.6) is 0 Å². The van der Waals surface area contributed by atoms with E-state index in [1.54, 1.807) is 0 Å². The summed E-state index contributed by atoms with van der Waals surface area (Å²) in [4.78, 5) is 0. The van der Waals surface area contributed by atoms with Crippen molar-refractivity contribution in [1.29, 1.82) is 0 Å². The molecule has 0 saturated carbocycles. The molecule has 0 aliphatic rings. The van der Waals surface area contributed by atoms with E-state index in [1.165, 1.54) is 38.4 Å². The first-order valence-electron chi connectivity index (χ1n) is 15.0. The normalized spacial score (nSPS) is 14.1. The van der Waals surface area contributed by atoms with Crippen LogP contribution < -0.4 is 15.3 Å². The van der Waals surface area contributed by atoms with Crippen LogP contribution in [0.15, 0.2) is 103 Å². The standard InChI is InChI=1S/C38H48NOPS/c1-36(2,3)29-24-28(25-30(26-29)37(4,5)6)33-22-16-17-23-34(33)35(39-42(40)38(7,8)9)27-41(31-18-12-10-13-19-31)32-20-14-11-15-21-32/h10-26,35,39H,27H2,1-9H3/t35-,42?/m0/s1. The Morgan fingerprint density at radius 3 is 1.55 bits per heavy atom. The van der Waals surface area contributed by atoms with E-state index in [9.17, 15) is 4.21 Å². The average Bonchev–Trinajstić information content (AvgIpc) is 2.94. The smallest absolute Gasteiger partial charge is 0.0976 e. The van der Waals surface area contributed by atoms with Crippen LogP contribution in [0.2, 0.25) is 0 Å². The highest BCUT2D eigenvalue weighted by atomic mass is 32.2.